The van der Waals surface area contributed by atoms with Crippen molar-refractivity contribution in [1.29, 1.82) is 0 Å². The predicted molar refractivity (Wildman–Crippen MR) is 103 cm³/mol. The van der Waals surface area contributed by atoms with Crippen molar-refractivity contribution in [2.24, 2.45) is 0 Å². The van der Waals surface area contributed by atoms with Gasteiger partial charge in [0.25, 0.3) is 0 Å². The average molecular weight is 351 g/mol. The molecule has 5 heteroatoms. The van der Waals surface area contributed by atoms with E-state index in [0.29, 0.717) is 9.75 Å². The minimum atomic E-state index is -1.61. The fourth-order valence-corrected chi connectivity index (χ4v) is 11.6. The van der Waals surface area contributed by atoms with Crippen molar-refractivity contribution in [2.45, 2.75) is 89.3 Å². The van der Waals surface area contributed by atoms with Crippen LogP contribution in [0.2, 0.25) is 26.2 Å². The van der Waals surface area contributed by atoms with Gasteiger partial charge in [-0.25, -0.2) is 0 Å². The average Bonchev–Trinajstić information content (AvgIpc) is 2.43. The van der Waals surface area contributed by atoms with Crippen LogP contribution in [0.4, 0.5) is 0 Å². The quantitative estimate of drug-likeness (QED) is 0.426. The second-order valence-corrected chi connectivity index (χ2v) is 17.5. The number of rotatable bonds is 12. The van der Waals surface area contributed by atoms with Crippen molar-refractivity contribution in [3.63, 3.8) is 0 Å². The summed E-state index contributed by atoms with van der Waals surface area (Å²) in [6.07, 6.45) is 4.66. The molecule has 0 saturated carbocycles. The Bertz CT molecular complexity index is 247. The molecule has 0 heterocycles. The van der Waals surface area contributed by atoms with Gasteiger partial charge in [0, 0.05) is 23.0 Å². The van der Waals surface area contributed by atoms with E-state index in [1.54, 1.807) is 0 Å². The smallest absolute Gasteiger partial charge is 0.199 e. The first kappa shape index (κ1) is 21.7. The molecule has 0 rings (SSSR count). The van der Waals surface area contributed by atoms with Crippen LogP contribution in [0, 0.1) is 0 Å². The molecule has 0 bridgehead atoms. The maximum Gasteiger partial charge on any atom is 0.199 e. The van der Waals surface area contributed by atoms with Gasteiger partial charge in [0.1, 0.15) is 0 Å². The second kappa shape index (κ2) is 10.5. The minimum Gasteiger partial charge on any atom is -0.416 e. The molecule has 0 spiro atoms. The molecule has 0 aromatic carbocycles. The molecule has 0 fully saturated rings. The normalized spacial score (nSPS) is 16.0. The molecule has 0 saturated heterocycles. The molecule has 0 radical (unpaired) electrons. The summed E-state index contributed by atoms with van der Waals surface area (Å²) in [6.45, 7) is 20.4. The van der Waals surface area contributed by atoms with Crippen LogP contribution >= 0.6 is 11.8 Å². The fraction of sp³-hybridized carbons (Fsp3) is 1.00. The monoisotopic (exact) mass is 350 g/mol. The molecule has 0 aliphatic heterocycles. The van der Waals surface area contributed by atoms with Gasteiger partial charge in [0.2, 0.25) is 0 Å². The third kappa shape index (κ3) is 7.68. The summed E-state index contributed by atoms with van der Waals surface area (Å²) in [5, 5.41) is 0. The molecule has 0 aliphatic rings. The van der Waals surface area contributed by atoms with Crippen LogP contribution in [0.1, 0.15) is 53.4 Å². The molecule has 0 amide bonds. The van der Waals surface area contributed by atoms with Gasteiger partial charge < -0.3 is 8.85 Å². The Morgan fingerprint density at radius 2 is 1.05 bits per heavy atom. The van der Waals surface area contributed by atoms with E-state index in [9.17, 15) is 0 Å². The van der Waals surface area contributed by atoms with Gasteiger partial charge in [-0.3, -0.25) is 0 Å². The molecule has 0 aromatic heterocycles. The molecule has 2 unspecified atom stereocenters. The zero-order valence-electron chi connectivity index (χ0n) is 15.6. The van der Waals surface area contributed by atoms with E-state index >= 15 is 0 Å². The third-order valence-electron chi connectivity index (χ3n) is 3.98. The van der Waals surface area contributed by atoms with Gasteiger partial charge in [-0.05, 0) is 51.9 Å². The summed E-state index contributed by atoms with van der Waals surface area (Å²) in [5.41, 5.74) is 0. The van der Waals surface area contributed by atoms with Crippen LogP contribution in [-0.2, 0) is 8.85 Å². The van der Waals surface area contributed by atoms with E-state index < -0.39 is 16.6 Å². The summed E-state index contributed by atoms with van der Waals surface area (Å²) < 4.78 is 12.5. The van der Waals surface area contributed by atoms with Crippen LogP contribution in [0.15, 0.2) is 0 Å². The van der Waals surface area contributed by atoms with Gasteiger partial charge >= 0.3 is 0 Å². The van der Waals surface area contributed by atoms with Crippen LogP contribution in [0.3, 0.4) is 0 Å². The van der Waals surface area contributed by atoms with Gasteiger partial charge in [0.15, 0.2) is 16.6 Å². The maximum absolute atomic E-state index is 6.26. The highest BCUT2D eigenvalue weighted by Crippen LogP contribution is 2.35. The molecular formula is C16H38O2SSi2. The fourth-order valence-electron chi connectivity index (χ4n) is 2.62. The first-order chi connectivity index (χ1) is 9.75. The molecule has 2 atom stereocenters. The van der Waals surface area contributed by atoms with E-state index in [2.05, 4.69) is 65.6 Å². The summed E-state index contributed by atoms with van der Waals surface area (Å²) in [7, 11) is -3.23. The van der Waals surface area contributed by atoms with E-state index in [-0.39, 0.29) is 0 Å². The predicted octanol–water partition coefficient (Wildman–Crippen LogP) is 5.62. The highest BCUT2D eigenvalue weighted by molar-refractivity contribution is 8.03. The highest BCUT2D eigenvalue weighted by Gasteiger charge is 2.40. The molecule has 0 aromatic rings. The maximum atomic E-state index is 6.26. The Labute approximate surface area is 140 Å². The molecule has 21 heavy (non-hydrogen) atoms. The second-order valence-electron chi connectivity index (χ2n) is 6.83. The summed E-state index contributed by atoms with van der Waals surface area (Å²) in [4.78, 5) is 1.34. The summed E-state index contributed by atoms with van der Waals surface area (Å²) in [6, 6.07) is 0. The van der Waals surface area contributed by atoms with E-state index in [1.807, 2.05) is 0 Å². The number of hydrogen-bond acceptors (Lipinski definition) is 3. The van der Waals surface area contributed by atoms with Crippen molar-refractivity contribution >= 4 is 28.4 Å². The number of thioether (sulfide) groups is 1. The van der Waals surface area contributed by atoms with Crippen LogP contribution < -0.4 is 0 Å². The van der Waals surface area contributed by atoms with Crippen molar-refractivity contribution in [3.05, 3.63) is 0 Å². The summed E-state index contributed by atoms with van der Waals surface area (Å²) in [5.74, 6) is 0. The topological polar surface area (TPSA) is 18.5 Å². The molecule has 0 aliphatic carbocycles. The SMILES string of the molecule is CCCO[Si](C)(C)C(CC)SC(CC)[Si](C)(C)OCCC. The molecule has 0 N–H and O–H groups in total. The molecular weight excluding hydrogens is 312 g/mol. The Balaban J connectivity index is 4.81. The first-order valence-corrected chi connectivity index (χ1v) is 15.6. The van der Waals surface area contributed by atoms with Crippen molar-refractivity contribution < 1.29 is 8.85 Å². The highest BCUT2D eigenvalue weighted by atomic mass is 32.2. The van der Waals surface area contributed by atoms with Gasteiger partial charge in [-0.2, -0.15) is 11.8 Å². The Hall–Kier alpha value is 0.704. The molecule has 2 nitrogen and oxygen atoms in total. The summed E-state index contributed by atoms with van der Waals surface area (Å²) >= 11 is 2.18. The lowest BCUT2D eigenvalue weighted by atomic mass is 10.5. The van der Waals surface area contributed by atoms with Gasteiger partial charge in [-0.1, -0.05) is 27.7 Å². The minimum absolute atomic E-state index is 0.672. The lowest BCUT2D eigenvalue weighted by molar-refractivity contribution is 0.303. The Morgan fingerprint density at radius 3 is 1.29 bits per heavy atom. The Kier molecular flexibility index (Phi) is 10.8. The number of hydrogen-bond donors (Lipinski definition) is 0. The first-order valence-electron chi connectivity index (χ1n) is 8.68. The van der Waals surface area contributed by atoms with Crippen LogP contribution in [-0.4, -0.2) is 39.6 Å². The standard InChI is InChI=1S/C16H38O2SSi2/c1-9-13-17-20(5,6)15(11-3)19-16(12-4)21(7,8)18-14-10-2/h15-16H,9-14H2,1-8H3. The van der Waals surface area contributed by atoms with Crippen LogP contribution in [0.5, 0.6) is 0 Å². The van der Waals surface area contributed by atoms with E-state index in [0.717, 1.165) is 26.1 Å². The van der Waals surface area contributed by atoms with Gasteiger partial charge in [-0.15, -0.1) is 0 Å². The van der Waals surface area contributed by atoms with Gasteiger partial charge in [0.05, 0.1) is 0 Å². The van der Waals surface area contributed by atoms with Crippen molar-refractivity contribution in [2.75, 3.05) is 13.2 Å². The van der Waals surface area contributed by atoms with Crippen molar-refractivity contribution in [1.82, 2.24) is 0 Å². The molecule has 128 valence electrons. The van der Waals surface area contributed by atoms with E-state index in [4.69, 9.17) is 8.85 Å². The Morgan fingerprint density at radius 1 is 0.714 bits per heavy atom. The lowest BCUT2D eigenvalue weighted by Gasteiger charge is -2.38. The zero-order valence-corrected chi connectivity index (χ0v) is 18.4. The van der Waals surface area contributed by atoms with Crippen LogP contribution in [0.25, 0.3) is 0 Å². The lowest BCUT2D eigenvalue weighted by Crippen LogP contribution is -2.49. The largest absolute Gasteiger partial charge is 0.416 e. The van der Waals surface area contributed by atoms with E-state index in [1.165, 1.54) is 12.8 Å². The van der Waals surface area contributed by atoms with Crippen molar-refractivity contribution in [3.8, 4) is 0 Å². The third-order valence-corrected chi connectivity index (χ3v) is 15.3. The zero-order chi connectivity index (χ0) is 16.5.